The van der Waals surface area contributed by atoms with Crippen LogP contribution in [0.5, 0.6) is 0 Å². The third-order valence-corrected chi connectivity index (χ3v) is 3.68. The molecule has 0 bridgehead atoms. The zero-order chi connectivity index (χ0) is 11.0. The van der Waals surface area contributed by atoms with Crippen molar-refractivity contribution in [2.45, 2.75) is 19.6 Å². The van der Waals surface area contributed by atoms with Gasteiger partial charge in [0.25, 0.3) is 10.1 Å². The molecule has 1 aliphatic rings. The first-order valence-corrected chi connectivity index (χ1v) is 6.62. The molecule has 14 heavy (non-hydrogen) atoms. The molecule has 0 amide bonds. The molecular formula is C5H10O7S2. The van der Waals surface area contributed by atoms with E-state index in [-0.39, 0.29) is 5.75 Å². The Hall–Kier alpha value is -0.220. The van der Waals surface area contributed by atoms with Crippen LogP contribution in [0.2, 0.25) is 0 Å². The number of hydrogen-bond donors (Lipinski definition) is 0. The minimum atomic E-state index is -4.12. The maximum Gasteiger partial charge on any atom is 0.402 e. The molecule has 0 radical (unpaired) electrons. The van der Waals surface area contributed by atoms with Gasteiger partial charge in [-0.15, -0.1) is 0 Å². The lowest BCUT2D eigenvalue weighted by atomic mass is 10.4. The lowest BCUT2D eigenvalue weighted by Crippen LogP contribution is -2.34. The SMILES string of the molecule is CCS(=O)(=O)OC1(C)COS(=O)(=O)O1. The van der Waals surface area contributed by atoms with E-state index in [9.17, 15) is 16.8 Å². The first-order valence-electron chi connectivity index (χ1n) is 3.71. The van der Waals surface area contributed by atoms with Crippen molar-refractivity contribution >= 4 is 20.5 Å². The molecule has 1 unspecified atom stereocenters. The molecule has 0 N–H and O–H groups in total. The van der Waals surface area contributed by atoms with Crippen LogP contribution >= 0.6 is 0 Å². The van der Waals surface area contributed by atoms with Gasteiger partial charge in [-0.3, -0.25) is 0 Å². The van der Waals surface area contributed by atoms with Gasteiger partial charge in [0.05, 0.1) is 5.75 Å². The third-order valence-electron chi connectivity index (χ3n) is 1.40. The summed E-state index contributed by atoms with van der Waals surface area (Å²) in [5.74, 6) is -2.06. The fraction of sp³-hybridized carbons (Fsp3) is 1.00. The lowest BCUT2D eigenvalue weighted by molar-refractivity contribution is -0.0752. The second-order valence-corrected chi connectivity index (χ2v) is 5.90. The van der Waals surface area contributed by atoms with Gasteiger partial charge in [-0.1, -0.05) is 0 Å². The summed E-state index contributed by atoms with van der Waals surface area (Å²) in [5.41, 5.74) is 0. The second-order valence-electron chi connectivity index (χ2n) is 2.82. The summed E-state index contributed by atoms with van der Waals surface area (Å²) in [4.78, 5) is 0. The first kappa shape index (κ1) is 11.9. The third kappa shape index (κ3) is 2.89. The van der Waals surface area contributed by atoms with Crippen LogP contribution in [-0.2, 0) is 33.1 Å². The smallest absolute Gasteiger partial charge is 0.242 e. The van der Waals surface area contributed by atoms with Crippen LogP contribution < -0.4 is 0 Å². The van der Waals surface area contributed by atoms with Crippen LogP contribution in [0.3, 0.4) is 0 Å². The van der Waals surface area contributed by atoms with Crippen molar-refractivity contribution in [3.63, 3.8) is 0 Å². The molecule has 0 spiro atoms. The molecule has 0 saturated carbocycles. The Morgan fingerprint density at radius 2 is 2.07 bits per heavy atom. The Bertz CT molecular complexity index is 407. The molecule has 1 fully saturated rings. The highest BCUT2D eigenvalue weighted by molar-refractivity contribution is 7.86. The minimum Gasteiger partial charge on any atom is -0.242 e. The van der Waals surface area contributed by atoms with Crippen LogP contribution in [0.25, 0.3) is 0 Å². The average molecular weight is 246 g/mol. The van der Waals surface area contributed by atoms with Crippen LogP contribution in [-0.4, -0.2) is 35.0 Å². The highest BCUT2D eigenvalue weighted by Gasteiger charge is 2.45. The minimum absolute atomic E-state index is 0.272. The van der Waals surface area contributed by atoms with E-state index in [2.05, 4.69) is 12.5 Å². The topological polar surface area (TPSA) is 96.0 Å². The van der Waals surface area contributed by atoms with Crippen molar-refractivity contribution in [3.05, 3.63) is 0 Å². The summed E-state index contributed by atoms with van der Waals surface area (Å²) in [6, 6.07) is 0. The number of hydrogen-bond acceptors (Lipinski definition) is 7. The van der Waals surface area contributed by atoms with Crippen LogP contribution in [0.4, 0.5) is 0 Å². The van der Waals surface area contributed by atoms with Crippen molar-refractivity contribution in [2.24, 2.45) is 0 Å². The zero-order valence-corrected chi connectivity index (χ0v) is 9.22. The maximum absolute atomic E-state index is 11.0. The summed E-state index contributed by atoms with van der Waals surface area (Å²) in [7, 11) is -7.90. The summed E-state index contributed by atoms with van der Waals surface area (Å²) < 4.78 is 56.5. The van der Waals surface area contributed by atoms with Gasteiger partial charge in [-0.25, -0.2) is 12.5 Å². The highest BCUT2D eigenvalue weighted by atomic mass is 32.3. The van der Waals surface area contributed by atoms with Gasteiger partial charge in [0.2, 0.25) is 5.79 Å². The van der Waals surface area contributed by atoms with Gasteiger partial charge < -0.3 is 0 Å². The molecule has 1 heterocycles. The van der Waals surface area contributed by atoms with E-state index in [1.54, 1.807) is 0 Å². The molecule has 1 rings (SSSR count). The number of rotatable bonds is 3. The van der Waals surface area contributed by atoms with Crippen molar-refractivity contribution in [1.82, 2.24) is 0 Å². The van der Waals surface area contributed by atoms with E-state index >= 15 is 0 Å². The molecule has 9 heteroatoms. The molecule has 0 aliphatic carbocycles. The predicted molar refractivity (Wildman–Crippen MR) is 44.9 cm³/mol. The van der Waals surface area contributed by atoms with E-state index < -0.39 is 32.9 Å². The summed E-state index contributed by atoms with van der Waals surface area (Å²) in [6.07, 6.45) is 0. The van der Waals surface area contributed by atoms with Gasteiger partial charge in [-0.2, -0.15) is 16.8 Å². The van der Waals surface area contributed by atoms with Gasteiger partial charge >= 0.3 is 10.4 Å². The van der Waals surface area contributed by atoms with Crippen LogP contribution in [0.1, 0.15) is 13.8 Å². The Kier molecular flexibility index (Phi) is 2.89. The molecule has 0 aromatic rings. The summed E-state index contributed by atoms with van der Waals surface area (Å²) in [5, 5.41) is 0. The van der Waals surface area contributed by atoms with Gasteiger partial charge in [-0.05, 0) is 13.8 Å². The first-order chi connectivity index (χ1) is 6.18. The van der Waals surface area contributed by atoms with E-state index in [1.165, 1.54) is 13.8 Å². The monoisotopic (exact) mass is 246 g/mol. The lowest BCUT2D eigenvalue weighted by Gasteiger charge is -2.17. The van der Waals surface area contributed by atoms with Crippen molar-refractivity contribution in [3.8, 4) is 0 Å². The van der Waals surface area contributed by atoms with Crippen LogP contribution in [0.15, 0.2) is 0 Å². The van der Waals surface area contributed by atoms with Gasteiger partial charge in [0, 0.05) is 0 Å². The van der Waals surface area contributed by atoms with E-state index in [0.29, 0.717) is 0 Å². The molecule has 1 atom stereocenters. The van der Waals surface area contributed by atoms with Crippen molar-refractivity contribution in [2.75, 3.05) is 12.4 Å². The second kappa shape index (κ2) is 3.42. The quantitative estimate of drug-likeness (QED) is 0.611. The van der Waals surface area contributed by atoms with Gasteiger partial charge in [0.15, 0.2) is 0 Å². The molecule has 84 valence electrons. The largest absolute Gasteiger partial charge is 0.402 e. The Labute approximate surface area is 82.4 Å². The predicted octanol–water partition coefficient (Wildman–Crippen LogP) is -0.639. The van der Waals surface area contributed by atoms with Crippen LogP contribution in [0, 0.1) is 0 Å². The molecule has 1 aliphatic heterocycles. The normalized spacial score (nSPS) is 31.9. The van der Waals surface area contributed by atoms with Crippen molar-refractivity contribution in [1.29, 1.82) is 0 Å². The zero-order valence-electron chi connectivity index (χ0n) is 7.59. The molecule has 7 nitrogen and oxygen atoms in total. The highest BCUT2D eigenvalue weighted by Crippen LogP contribution is 2.27. The standard InChI is InChI=1S/C5H10O7S2/c1-3-13(6,7)11-5(2)4-10-14(8,9)12-5/h3-4H2,1-2H3. The molecular weight excluding hydrogens is 236 g/mol. The average Bonchev–Trinajstić information content (AvgIpc) is 2.24. The van der Waals surface area contributed by atoms with Crippen molar-refractivity contribution < 1.29 is 29.4 Å². The Morgan fingerprint density at radius 3 is 2.43 bits per heavy atom. The molecule has 0 aromatic heterocycles. The molecule has 1 saturated heterocycles. The fourth-order valence-corrected chi connectivity index (χ4v) is 2.51. The van der Waals surface area contributed by atoms with E-state index in [4.69, 9.17) is 0 Å². The molecule has 0 aromatic carbocycles. The fourth-order valence-electron chi connectivity index (χ4n) is 0.809. The summed E-state index contributed by atoms with van der Waals surface area (Å²) >= 11 is 0. The van der Waals surface area contributed by atoms with Gasteiger partial charge in [0.1, 0.15) is 6.61 Å². The van der Waals surface area contributed by atoms with E-state index in [0.717, 1.165) is 0 Å². The Morgan fingerprint density at radius 1 is 1.50 bits per heavy atom. The van der Waals surface area contributed by atoms with E-state index in [1.807, 2.05) is 0 Å². The maximum atomic E-state index is 11.0. The summed E-state index contributed by atoms with van der Waals surface area (Å²) in [6.45, 7) is 2.06. The Balaban J connectivity index is 2.81.